The molecular weight excluding hydrogens is 408 g/mol. The lowest BCUT2D eigenvalue weighted by Gasteiger charge is -2.37. The van der Waals surface area contributed by atoms with Crippen molar-refractivity contribution in [3.05, 3.63) is 59.4 Å². The van der Waals surface area contributed by atoms with Crippen LogP contribution in [0.4, 0.5) is 20.2 Å². The monoisotopic (exact) mass is 429 g/mol. The number of piperidine rings is 1. The molecular formula is C21H21F2N5OS. The van der Waals surface area contributed by atoms with Gasteiger partial charge in [-0.15, -0.1) is 11.3 Å². The molecule has 1 fully saturated rings. The summed E-state index contributed by atoms with van der Waals surface area (Å²) in [5.41, 5.74) is 7.37. The summed E-state index contributed by atoms with van der Waals surface area (Å²) in [6, 6.07) is 5.49. The third kappa shape index (κ3) is 4.17. The average Bonchev–Trinajstić information content (AvgIpc) is 3.17. The lowest BCUT2D eigenvalue weighted by Crippen LogP contribution is -2.46. The molecule has 1 amide bonds. The molecule has 30 heavy (non-hydrogen) atoms. The number of thiazole rings is 1. The number of nitrogens with one attached hydrogen (secondary N) is 1. The standard InChI is InChI=1S/C21H21F2N5OS/c1-12-7-13(24)10-28(9-12)18-5-6-25-8-16(18)26-20(29)17-11-30-21(27-17)19-14(22)3-2-4-15(19)23/h2-6,8,11-13H,7,9-10,24H2,1H3,(H,26,29). The molecule has 2 unspecified atom stereocenters. The third-order valence-electron chi connectivity index (χ3n) is 4.99. The topological polar surface area (TPSA) is 84.1 Å². The lowest BCUT2D eigenvalue weighted by molar-refractivity contribution is 0.102. The number of halogens is 2. The first-order valence-corrected chi connectivity index (χ1v) is 10.5. The van der Waals surface area contributed by atoms with Crippen molar-refractivity contribution >= 4 is 28.6 Å². The van der Waals surface area contributed by atoms with Crippen LogP contribution in [0.1, 0.15) is 23.8 Å². The van der Waals surface area contributed by atoms with Crippen LogP contribution in [0.25, 0.3) is 10.6 Å². The van der Waals surface area contributed by atoms with Gasteiger partial charge in [-0.1, -0.05) is 13.0 Å². The second-order valence-corrected chi connectivity index (χ2v) is 8.35. The van der Waals surface area contributed by atoms with Gasteiger partial charge in [0.2, 0.25) is 0 Å². The molecule has 0 spiro atoms. The highest BCUT2D eigenvalue weighted by Crippen LogP contribution is 2.31. The molecule has 9 heteroatoms. The van der Waals surface area contributed by atoms with Crippen molar-refractivity contribution in [3.63, 3.8) is 0 Å². The van der Waals surface area contributed by atoms with E-state index in [1.54, 1.807) is 12.4 Å². The maximum absolute atomic E-state index is 14.0. The molecule has 1 aromatic carbocycles. The molecule has 3 heterocycles. The largest absolute Gasteiger partial charge is 0.368 e. The molecule has 0 aliphatic carbocycles. The van der Waals surface area contributed by atoms with E-state index in [1.807, 2.05) is 6.07 Å². The minimum atomic E-state index is -0.721. The first-order chi connectivity index (χ1) is 14.4. The zero-order chi connectivity index (χ0) is 21.3. The highest BCUT2D eigenvalue weighted by atomic mass is 32.1. The Morgan fingerprint density at radius 2 is 2.03 bits per heavy atom. The number of carbonyl (C=O) groups is 1. The van der Waals surface area contributed by atoms with Crippen molar-refractivity contribution in [1.29, 1.82) is 0 Å². The Kier molecular flexibility index (Phi) is 5.74. The van der Waals surface area contributed by atoms with Crippen LogP contribution < -0.4 is 16.0 Å². The number of pyridine rings is 1. The van der Waals surface area contributed by atoms with Crippen LogP contribution in [0.3, 0.4) is 0 Å². The predicted octanol–water partition coefficient (Wildman–Crippen LogP) is 3.91. The second kappa shape index (κ2) is 8.45. The van der Waals surface area contributed by atoms with Gasteiger partial charge >= 0.3 is 0 Å². The van der Waals surface area contributed by atoms with E-state index in [0.717, 1.165) is 42.1 Å². The summed E-state index contributed by atoms with van der Waals surface area (Å²) in [5, 5.41) is 4.41. The molecule has 2 aromatic heterocycles. The predicted molar refractivity (Wildman–Crippen MR) is 114 cm³/mol. The number of hydrogen-bond acceptors (Lipinski definition) is 6. The maximum atomic E-state index is 14.0. The zero-order valence-corrected chi connectivity index (χ0v) is 17.1. The molecule has 1 aliphatic heterocycles. The molecule has 3 aromatic rings. The number of nitrogens with zero attached hydrogens (tertiary/aromatic N) is 3. The summed E-state index contributed by atoms with van der Waals surface area (Å²) < 4.78 is 28.0. The van der Waals surface area contributed by atoms with E-state index in [2.05, 4.69) is 27.1 Å². The van der Waals surface area contributed by atoms with Crippen molar-refractivity contribution in [2.45, 2.75) is 19.4 Å². The quantitative estimate of drug-likeness (QED) is 0.657. The zero-order valence-electron chi connectivity index (χ0n) is 16.3. The Morgan fingerprint density at radius 1 is 1.27 bits per heavy atom. The molecule has 1 saturated heterocycles. The fourth-order valence-corrected chi connectivity index (χ4v) is 4.58. The Labute approximate surface area is 176 Å². The summed E-state index contributed by atoms with van der Waals surface area (Å²) in [4.78, 5) is 23.2. The van der Waals surface area contributed by atoms with Crippen molar-refractivity contribution in [2.24, 2.45) is 11.7 Å². The van der Waals surface area contributed by atoms with E-state index in [4.69, 9.17) is 5.73 Å². The SMILES string of the molecule is CC1CC(N)CN(c2ccncc2NC(=O)c2csc(-c3c(F)cccc3F)n2)C1. The van der Waals surface area contributed by atoms with Gasteiger partial charge in [0.05, 0.1) is 23.1 Å². The van der Waals surface area contributed by atoms with Crippen molar-refractivity contribution < 1.29 is 13.6 Å². The molecule has 4 rings (SSSR count). The fourth-order valence-electron chi connectivity index (χ4n) is 3.74. The Morgan fingerprint density at radius 3 is 2.77 bits per heavy atom. The molecule has 0 saturated carbocycles. The van der Waals surface area contributed by atoms with Crippen molar-refractivity contribution in [2.75, 3.05) is 23.3 Å². The van der Waals surface area contributed by atoms with Gasteiger partial charge in [0.25, 0.3) is 5.91 Å². The van der Waals surface area contributed by atoms with Crippen LogP contribution in [-0.2, 0) is 0 Å². The van der Waals surface area contributed by atoms with Crippen LogP contribution in [0.5, 0.6) is 0 Å². The lowest BCUT2D eigenvalue weighted by atomic mass is 9.96. The normalized spacial score (nSPS) is 19.0. The number of anilines is 2. The number of rotatable bonds is 4. The van der Waals surface area contributed by atoms with Crippen LogP contribution in [0.15, 0.2) is 42.0 Å². The summed E-state index contributed by atoms with van der Waals surface area (Å²) in [6.07, 6.45) is 4.19. The van der Waals surface area contributed by atoms with Crippen LogP contribution in [0, 0.1) is 17.6 Å². The summed E-state index contributed by atoms with van der Waals surface area (Å²) in [5.74, 6) is -1.48. The minimum Gasteiger partial charge on any atom is -0.368 e. The van der Waals surface area contributed by atoms with Gasteiger partial charge in [0.15, 0.2) is 0 Å². The average molecular weight is 429 g/mol. The minimum absolute atomic E-state index is 0.0576. The second-order valence-electron chi connectivity index (χ2n) is 7.49. The molecule has 1 aliphatic rings. The maximum Gasteiger partial charge on any atom is 0.275 e. The summed E-state index contributed by atoms with van der Waals surface area (Å²) >= 11 is 1.01. The summed E-state index contributed by atoms with van der Waals surface area (Å²) in [7, 11) is 0. The molecule has 0 radical (unpaired) electrons. The van der Waals surface area contributed by atoms with Crippen LogP contribution in [-0.4, -0.2) is 35.0 Å². The number of aromatic nitrogens is 2. The third-order valence-corrected chi connectivity index (χ3v) is 5.85. The van der Waals surface area contributed by atoms with Crippen LogP contribution >= 0.6 is 11.3 Å². The van der Waals surface area contributed by atoms with Gasteiger partial charge in [-0.25, -0.2) is 13.8 Å². The smallest absolute Gasteiger partial charge is 0.275 e. The molecule has 3 N–H and O–H groups in total. The Bertz CT molecular complexity index is 1040. The number of hydrogen-bond donors (Lipinski definition) is 2. The van der Waals surface area contributed by atoms with E-state index in [-0.39, 0.29) is 22.3 Å². The first kappa shape index (κ1) is 20.4. The van der Waals surface area contributed by atoms with Gasteiger partial charge in [-0.05, 0) is 30.5 Å². The molecule has 2 atom stereocenters. The van der Waals surface area contributed by atoms with E-state index in [0.29, 0.717) is 18.2 Å². The van der Waals surface area contributed by atoms with Gasteiger partial charge in [-0.3, -0.25) is 9.78 Å². The van der Waals surface area contributed by atoms with Gasteiger partial charge in [0, 0.05) is 30.7 Å². The fraction of sp³-hybridized carbons (Fsp3) is 0.286. The number of nitrogens with two attached hydrogens (primary N) is 1. The highest BCUT2D eigenvalue weighted by molar-refractivity contribution is 7.13. The van der Waals surface area contributed by atoms with Gasteiger partial charge in [0.1, 0.15) is 22.3 Å². The molecule has 0 bridgehead atoms. The van der Waals surface area contributed by atoms with E-state index < -0.39 is 17.5 Å². The number of amides is 1. The van der Waals surface area contributed by atoms with E-state index >= 15 is 0 Å². The van der Waals surface area contributed by atoms with Gasteiger partial charge in [-0.2, -0.15) is 0 Å². The van der Waals surface area contributed by atoms with Crippen LogP contribution in [0.2, 0.25) is 0 Å². The number of carbonyl (C=O) groups excluding carboxylic acids is 1. The highest BCUT2D eigenvalue weighted by Gasteiger charge is 2.25. The number of benzene rings is 1. The van der Waals surface area contributed by atoms with Crippen molar-refractivity contribution in [3.8, 4) is 10.6 Å². The molecule has 156 valence electrons. The Hall–Kier alpha value is -2.91. The van der Waals surface area contributed by atoms with E-state index in [1.165, 1.54) is 11.4 Å². The van der Waals surface area contributed by atoms with Gasteiger partial charge < -0.3 is 16.0 Å². The van der Waals surface area contributed by atoms with E-state index in [9.17, 15) is 13.6 Å². The van der Waals surface area contributed by atoms with Crippen molar-refractivity contribution in [1.82, 2.24) is 9.97 Å². The molecule has 6 nitrogen and oxygen atoms in total. The Balaban J connectivity index is 1.57. The summed E-state index contributed by atoms with van der Waals surface area (Å²) in [6.45, 7) is 3.66. The first-order valence-electron chi connectivity index (χ1n) is 9.58.